The lowest BCUT2D eigenvalue weighted by molar-refractivity contribution is -0.0855. The maximum absolute atomic E-state index is 12.5. The lowest BCUT2D eigenvalue weighted by atomic mass is 10.1. The summed E-state index contributed by atoms with van der Waals surface area (Å²) in [6.07, 6.45) is 1.50. The van der Waals surface area contributed by atoms with E-state index in [2.05, 4.69) is 10.3 Å². The maximum Gasteiger partial charge on any atom is 0.271 e. The first-order chi connectivity index (χ1) is 13.2. The summed E-state index contributed by atoms with van der Waals surface area (Å²) in [7, 11) is 1.64. The van der Waals surface area contributed by atoms with Crippen LogP contribution in [0.2, 0.25) is 0 Å². The fourth-order valence-electron chi connectivity index (χ4n) is 3.28. The molecule has 2 unspecified atom stereocenters. The number of ether oxygens (including phenoxy) is 4. The summed E-state index contributed by atoms with van der Waals surface area (Å²) in [6, 6.07) is 7.81. The van der Waals surface area contributed by atoms with Crippen molar-refractivity contribution in [3.8, 4) is 5.75 Å². The Morgan fingerprint density at radius 3 is 2.89 bits per heavy atom. The highest BCUT2D eigenvalue weighted by Crippen LogP contribution is 2.28. The van der Waals surface area contributed by atoms with Crippen LogP contribution in [0.15, 0.2) is 30.6 Å². The fourth-order valence-corrected chi connectivity index (χ4v) is 3.28. The molecule has 3 heterocycles. The number of aromatic nitrogens is 2. The van der Waals surface area contributed by atoms with Gasteiger partial charge in [-0.25, -0.2) is 4.98 Å². The molecular formula is C19H23N3O5. The number of imidazole rings is 1. The highest BCUT2D eigenvalue weighted by molar-refractivity contribution is 5.93. The number of amides is 1. The minimum absolute atomic E-state index is 0.0821. The largest absolute Gasteiger partial charge is 0.497 e. The number of hydrogen-bond acceptors (Lipinski definition) is 6. The third-order valence-electron chi connectivity index (χ3n) is 4.81. The quantitative estimate of drug-likeness (QED) is 0.851. The van der Waals surface area contributed by atoms with E-state index in [1.54, 1.807) is 13.4 Å². The third kappa shape index (κ3) is 3.97. The Hall–Kier alpha value is -2.42. The molecule has 2 aliphatic rings. The van der Waals surface area contributed by atoms with E-state index in [9.17, 15) is 4.79 Å². The smallest absolute Gasteiger partial charge is 0.271 e. The van der Waals surface area contributed by atoms with Crippen LogP contribution in [0.25, 0.3) is 0 Å². The van der Waals surface area contributed by atoms with E-state index in [-0.39, 0.29) is 18.1 Å². The molecule has 0 spiro atoms. The van der Waals surface area contributed by atoms with Crippen LogP contribution in [0.5, 0.6) is 5.75 Å². The summed E-state index contributed by atoms with van der Waals surface area (Å²) in [5.41, 5.74) is 2.26. The van der Waals surface area contributed by atoms with Gasteiger partial charge in [0, 0.05) is 6.54 Å². The van der Waals surface area contributed by atoms with Crippen molar-refractivity contribution in [2.24, 2.45) is 0 Å². The van der Waals surface area contributed by atoms with Gasteiger partial charge in [-0.1, -0.05) is 12.1 Å². The van der Waals surface area contributed by atoms with Crippen LogP contribution in [0.4, 0.5) is 0 Å². The molecule has 4 rings (SSSR count). The summed E-state index contributed by atoms with van der Waals surface area (Å²) in [6.45, 7) is 3.01. The van der Waals surface area contributed by atoms with Crippen molar-refractivity contribution in [1.82, 2.24) is 14.9 Å². The molecule has 2 atom stereocenters. The number of fused-ring (bicyclic) bond motifs is 1. The van der Waals surface area contributed by atoms with Crippen LogP contribution in [0.1, 0.15) is 27.8 Å². The molecule has 1 N–H and O–H groups in total. The molecule has 1 aromatic heterocycles. The van der Waals surface area contributed by atoms with Gasteiger partial charge < -0.3 is 28.8 Å². The highest BCUT2D eigenvalue weighted by atomic mass is 16.6. The van der Waals surface area contributed by atoms with Gasteiger partial charge in [-0.15, -0.1) is 0 Å². The molecule has 0 saturated carbocycles. The summed E-state index contributed by atoms with van der Waals surface area (Å²) in [5.74, 6) is 0.591. The van der Waals surface area contributed by atoms with Gasteiger partial charge in [0.2, 0.25) is 0 Å². The SMILES string of the molecule is COc1ccc(C2Cn3cnc(C(=O)NCC4COCCO4)c3CO2)cc1. The number of carbonyl (C=O) groups is 1. The monoisotopic (exact) mass is 373 g/mol. The first-order valence-corrected chi connectivity index (χ1v) is 9.01. The second-order valence-electron chi connectivity index (χ2n) is 6.54. The molecule has 2 aromatic rings. The zero-order valence-electron chi connectivity index (χ0n) is 15.2. The van der Waals surface area contributed by atoms with E-state index in [0.717, 1.165) is 17.0 Å². The van der Waals surface area contributed by atoms with Gasteiger partial charge in [0.1, 0.15) is 11.9 Å². The zero-order valence-corrected chi connectivity index (χ0v) is 15.2. The molecule has 8 nitrogen and oxygen atoms in total. The number of benzene rings is 1. The molecule has 1 fully saturated rings. The first kappa shape index (κ1) is 18.0. The Balaban J connectivity index is 1.39. The van der Waals surface area contributed by atoms with E-state index in [0.29, 0.717) is 45.2 Å². The van der Waals surface area contributed by atoms with Crippen molar-refractivity contribution in [1.29, 1.82) is 0 Å². The Labute approximate surface area is 157 Å². The Bertz CT molecular complexity index is 783. The Morgan fingerprint density at radius 1 is 1.30 bits per heavy atom. The van der Waals surface area contributed by atoms with Gasteiger partial charge in [-0.3, -0.25) is 4.79 Å². The van der Waals surface area contributed by atoms with E-state index in [1.807, 2.05) is 28.8 Å². The van der Waals surface area contributed by atoms with Gasteiger partial charge in [0.15, 0.2) is 5.69 Å². The predicted molar refractivity (Wildman–Crippen MR) is 95.6 cm³/mol. The minimum atomic E-state index is -0.218. The maximum atomic E-state index is 12.5. The predicted octanol–water partition coefficient (Wildman–Crippen LogP) is 1.31. The summed E-state index contributed by atoms with van der Waals surface area (Å²) in [5, 5.41) is 2.87. The zero-order chi connectivity index (χ0) is 18.6. The van der Waals surface area contributed by atoms with Crippen molar-refractivity contribution in [3.05, 3.63) is 47.5 Å². The van der Waals surface area contributed by atoms with E-state index < -0.39 is 0 Å². The normalized spacial score (nSPS) is 22.1. The first-order valence-electron chi connectivity index (χ1n) is 9.01. The molecule has 1 amide bonds. The van der Waals surface area contributed by atoms with Gasteiger partial charge in [0.05, 0.1) is 58.2 Å². The minimum Gasteiger partial charge on any atom is -0.497 e. The number of carbonyl (C=O) groups excluding carboxylic acids is 1. The molecule has 1 aromatic carbocycles. The van der Waals surface area contributed by atoms with Crippen molar-refractivity contribution in [2.75, 3.05) is 33.5 Å². The van der Waals surface area contributed by atoms with E-state index >= 15 is 0 Å². The highest BCUT2D eigenvalue weighted by Gasteiger charge is 2.27. The molecule has 8 heteroatoms. The third-order valence-corrected chi connectivity index (χ3v) is 4.81. The summed E-state index contributed by atoms with van der Waals surface area (Å²) in [4.78, 5) is 16.8. The van der Waals surface area contributed by atoms with Crippen LogP contribution in [-0.2, 0) is 27.4 Å². The molecule has 0 bridgehead atoms. The van der Waals surface area contributed by atoms with Crippen LogP contribution in [0.3, 0.4) is 0 Å². The number of nitrogens with one attached hydrogen (secondary N) is 1. The molecule has 2 aliphatic heterocycles. The van der Waals surface area contributed by atoms with E-state index in [4.69, 9.17) is 18.9 Å². The van der Waals surface area contributed by atoms with Crippen LogP contribution in [-0.4, -0.2) is 55.0 Å². The van der Waals surface area contributed by atoms with Crippen LogP contribution in [0, 0.1) is 0 Å². The lowest BCUT2D eigenvalue weighted by Crippen LogP contribution is -2.40. The van der Waals surface area contributed by atoms with Gasteiger partial charge >= 0.3 is 0 Å². The van der Waals surface area contributed by atoms with Crippen LogP contribution < -0.4 is 10.1 Å². The number of nitrogens with zero attached hydrogens (tertiary/aromatic N) is 2. The summed E-state index contributed by atoms with van der Waals surface area (Å²) >= 11 is 0. The van der Waals surface area contributed by atoms with Crippen molar-refractivity contribution in [3.63, 3.8) is 0 Å². The number of hydrogen-bond donors (Lipinski definition) is 1. The second kappa shape index (κ2) is 8.08. The molecule has 27 heavy (non-hydrogen) atoms. The van der Waals surface area contributed by atoms with Crippen molar-refractivity contribution in [2.45, 2.75) is 25.4 Å². The molecular weight excluding hydrogens is 350 g/mol. The molecule has 144 valence electrons. The topological polar surface area (TPSA) is 83.8 Å². The molecule has 0 aliphatic carbocycles. The van der Waals surface area contributed by atoms with E-state index in [1.165, 1.54) is 0 Å². The lowest BCUT2D eigenvalue weighted by Gasteiger charge is -2.26. The van der Waals surface area contributed by atoms with Gasteiger partial charge in [0.25, 0.3) is 5.91 Å². The number of methoxy groups -OCH3 is 1. The van der Waals surface area contributed by atoms with Crippen molar-refractivity contribution < 1.29 is 23.7 Å². The van der Waals surface area contributed by atoms with Crippen LogP contribution >= 0.6 is 0 Å². The summed E-state index contributed by atoms with van der Waals surface area (Å²) < 4.78 is 24.0. The standard InChI is InChI=1S/C19H23N3O5/c1-24-14-4-2-13(3-5-14)17-9-22-12-21-18(16(22)11-27-17)19(23)20-8-15-10-25-6-7-26-15/h2-5,12,15,17H,6-11H2,1H3,(H,20,23). The number of rotatable bonds is 5. The van der Waals surface area contributed by atoms with Crippen molar-refractivity contribution >= 4 is 5.91 Å². The fraction of sp³-hybridized carbons (Fsp3) is 0.474. The molecule has 1 saturated heterocycles. The Kier molecular flexibility index (Phi) is 5.38. The van der Waals surface area contributed by atoms with Gasteiger partial charge in [-0.05, 0) is 17.7 Å². The average Bonchev–Trinajstić information content (AvgIpc) is 3.16. The Morgan fingerprint density at radius 2 is 2.15 bits per heavy atom. The van der Waals surface area contributed by atoms with Gasteiger partial charge in [-0.2, -0.15) is 0 Å². The molecule has 0 radical (unpaired) electrons. The second-order valence-corrected chi connectivity index (χ2v) is 6.54. The average molecular weight is 373 g/mol.